The Labute approximate surface area is 475 Å². The first-order valence-electron chi connectivity index (χ1n) is 31.8. The van der Waals surface area contributed by atoms with Crippen LogP contribution in [0.5, 0.6) is 0 Å². The second kappa shape index (κ2) is 22.6. The quantitative estimate of drug-likeness (QED) is 0.178. The predicted molar refractivity (Wildman–Crippen MR) is 316 cm³/mol. The molecule has 0 amide bonds. The average Bonchev–Trinajstić information content (AvgIpc) is 4.04. The number of hydrogen-bond donors (Lipinski definition) is 3. The molecule has 9 aliphatic rings. The number of sulfone groups is 2. The molecule has 78 heavy (non-hydrogen) atoms. The molecule has 2 aromatic carbocycles. The van der Waals surface area contributed by atoms with Crippen LogP contribution in [0.4, 0.5) is 0 Å². The highest BCUT2D eigenvalue weighted by atomic mass is 32.2. The highest BCUT2D eigenvalue weighted by Crippen LogP contribution is 2.71. The summed E-state index contributed by atoms with van der Waals surface area (Å²) in [4.78, 5) is 0.861. The van der Waals surface area contributed by atoms with Crippen LogP contribution in [0.15, 0.2) is 70.5 Å². The van der Waals surface area contributed by atoms with Crippen LogP contribution < -0.4 is 0 Å². The SMILES string of the molecule is CC(C)[C@@H](O)CC([C@@H](C)[C@H]1CC[C@H]2[C@@H]3CC[C@H]4C[C@@](C)(O)CC[C@]4(C)[C@H]3CC[C@]12C)S(=O)(=O)c1ccccc1.CC(C)[C@@H]1CO1.C[C@H](CS(=O)(=O)c1ccccc1)[C@H]1CC[C@H]2[C@@H]3CC[C@H]4C[C@@](C)(O)CC[C@]4(C)[C@H]3CC[C@]12C. The van der Waals surface area contributed by atoms with Crippen molar-refractivity contribution in [3.05, 3.63) is 60.7 Å². The minimum absolute atomic E-state index is 0.00754. The number of rotatable bonds is 12. The Morgan fingerprint density at radius 3 is 1.41 bits per heavy atom. The zero-order valence-corrected chi connectivity index (χ0v) is 52.3. The summed E-state index contributed by atoms with van der Waals surface area (Å²) in [6.45, 7) is 27.9. The Bertz CT molecular complexity index is 2560. The molecule has 0 aromatic heterocycles. The Morgan fingerprint density at radius 2 is 0.974 bits per heavy atom. The van der Waals surface area contributed by atoms with E-state index in [0.717, 1.165) is 80.6 Å². The van der Waals surface area contributed by atoms with Crippen LogP contribution in [0.25, 0.3) is 0 Å². The van der Waals surface area contributed by atoms with E-state index in [1.807, 2.05) is 64.1 Å². The summed E-state index contributed by atoms with van der Waals surface area (Å²) >= 11 is 0. The maximum Gasteiger partial charge on any atom is 0.181 e. The van der Waals surface area contributed by atoms with Crippen LogP contribution in [-0.4, -0.2) is 73.2 Å². The van der Waals surface area contributed by atoms with Gasteiger partial charge in [-0.15, -0.1) is 0 Å². The molecule has 1 unspecified atom stereocenters. The number of ether oxygens (including phenoxy) is 1. The number of fused-ring (bicyclic) bond motifs is 10. The normalized spacial score (nSPS) is 43.3. The third-order valence-electron chi connectivity index (χ3n) is 25.4. The van der Waals surface area contributed by atoms with E-state index >= 15 is 0 Å². The van der Waals surface area contributed by atoms with Gasteiger partial charge in [0.25, 0.3) is 0 Å². The van der Waals surface area contributed by atoms with E-state index in [2.05, 4.69) is 55.4 Å². The summed E-state index contributed by atoms with van der Waals surface area (Å²) < 4.78 is 59.4. The van der Waals surface area contributed by atoms with Gasteiger partial charge in [-0.25, -0.2) is 16.8 Å². The van der Waals surface area contributed by atoms with Crippen molar-refractivity contribution in [2.24, 2.45) is 105 Å². The maximum atomic E-state index is 14.1. The first-order chi connectivity index (χ1) is 36.5. The largest absolute Gasteiger partial charge is 0.393 e. The molecule has 8 saturated carbocycles. The fourth-order valence-corrected chi connectivity index (χ4v) is 24.3. The molecule has 11 rings (SSSR count). The molecule has 2 aromatic rings. The van der Waals surface area contributed by atoms with Gasteiger partial charge in [-0.1, -0.05) is 106 Å². The standard InChI is InChI=1S/C34H54O4S.C29H44O3S.C5H10O/c1-22(2)30(35)20-31(39(37,38)25-10-8-7-9-11-25)23(3)27-14-15-28-26-13-12-24-21-32(4,36)18-19-33(24,5)29(26)16-17-34(27,28)6;1-20(19-33(31,32)22-8-6-5-7-9-22)24-12-13-25-23-11-10-21-18-27(2,30)16-17-28(21,3)26(23)14-15-29(24,25)4;1-4(2)5-3-6-5/h7-11,22-24,26-31,35-36H,12-21H2,1-6H3;5-9,20-21,23-26,30H,10-19H2,1-4H3;4-5H,3H2,1-2H3/t23-,24-,26-,27+,28-,29-,30-,31?,32-,33-,34+;20-,21+,23+,24-,25+,26+,27+,28+,29-;5-/m010/s1. The van der Waals surface area contributed by atoms with E-state index in [9.17, 15) is 32.2 Å². The molecule has 8 aliphatic carbocycles. The molecule has 9 fully saturated rings. The second-order valence-electron chi connectivity index (χ2n) is 30.7. The van der Waals surface area contributed by atoms with Crippen molar-refractivity contribution in [3.63, 3.8) is 0 Å². The lowest BCUT2D eigenvalue weighted by Gasteiger charge is -2.62. The molecule has 1 saturated heterocycles. The molecule has 10 heteroatoms. The summed E-state index contributed by atoms with van der Waals surface area (Å²) in [6.07, 6.45) is 21.2. The van der Waals surface area contributed by atoms with Crippen molar-refractivity contribution in [2.75, 3.05) is 12.4 Å². The van der Waals surface area contributed by atoms with Gasteiger partial charge in [0.05, 0.1) is 50.8 Å². The molecule has 440 valence electrons. The molecule has 1 aliphatic heterocycles. The monoisotopic (exact) mass is 1120 g/mol. The van der Waals surface area contributed by atoms with E-state index in [1.165, 1.54) is 77.0 Å². The van der Waals surface area contributed by atoms with Gasteiger partial charge in [0.15, 0.2) is 19.7 Å². The highest BCUT2D eigenvalue weighted by Gasteiger charge is 2.64. The Hall–Kier alpha value is -1.82. The lowest BCUT2D eigenvalue weighted by molar-refractivity contribution is -0.148. The fourth-order valence-electron chi connectivity index (χ4n) is 20.5. The van der Waals surface area contributed by atoms with E-state index in [-0.39, 0.29) is 34.3 Å². The molecule has 0 radical (unpaired) electrons. The van der Waals surface area contributed by atoms with Crippen molar-refractivity contribution in [3.8, 4) is 0 Å². The predicted octanol–water partition coefficient (Wildman–Crippen LogP) is 14.8. The van der Waals surface area contributed by atoms with Gasteiger partial charge in [-0.05, 0) is 265 Å². The third-order valence-corrected chi connectivity index (χ3v) is 29.7. The molecule has 3 N–H and O–H groups in total. The van der Waals surface area contributed by atoms with Crippen LogP contribution in [0, 0.1) is 105 Å². The third kappa shape index (κ3) is 11.7. The minimum atomic E-state index is -3.57. The van der Waals surface area contributed by atoms with E-state index in [0.29, 0.717) is 62.7 Å². The van der Waals surface area contributed by atoms with Crippen LogP contribution in [0.1, 0.15) is 205 Å². The number of aliphatic hydroxyl groups excluding tert-OH is 1. The van der Waals surface area contributed by atoms with Crippen LogP contribution in [0.3, 0.4) is 0 Å². The molecule has 21 atom stereocenters. The van der Waals surface area contributed by atoms with Crippen LogP contribution in [-0.2, 0) is 24.4 Å². The van der Waals surface area contributed by atoms with Gasteiger partial charge in [-0.3, -0.25) is 0 Å². The zero-order chi connectivity index (χ0) is 56.6. The van der Waals surface area contributed by atoms with Crippen molar-refractivity contribution in [1.82, 2.24) is 0 Å². The van der Waals surface area contributed by atoms with E-state index in [4.69, 9.17) is 4.74 Å². The second-order valence-corrected chi connectivity index (χ2v) is 34.9. The van der Waals surface area contributed by atoms with Crippen LogP contribution >= 0.6 is 0 Å². The first-order valence-corrected chi connectivity index (χ1v) is 35.0. The molecule has 1 heterocycles. The summed E-state index contributed by atoms with van der Waals surface area (Å²) in [5.41, 5.74) is 0.156. The molecule has 0 spiro atoms. The van der Waals surface area contributed by atoms with Crippen molar-refractivity contribution < 1.29 is 36.9 Å². The van der Waals surface area contributed by atoms with Gasteiger partial charge in [0.2, 0.25) is 0 Å². The lowest BCUT2D eigenvalue weighted by atomic mass is 9.43. The Balaban J connectivity index is 0.000000173. The molecule has 8 nitrogen and oxygen atoms in total. The number of aliphatic hydroxyl groups is 3. The van der Waals surface area contributed by atoms with E-state index < -0.39 is 42.2 Å². The number of epoxide rings is 1. The molecular formula is C68H108O8S2. The van der Waals surface area contributed by atoms with Gasteiger partial charge >= 0.3 is 0 Å². The fraction of sp³-hybridized carbons (Fsp3) is 0.824. The zero-order valence-electron chi connectivity index (χ0n) is 50.6. The van der Waals surface area contributed by atoms with Gasteiger partial charge in [-0.2, -0.15) is 0 Å². The van der Waals surface area contributed by atoms with E-state index in [1.54, 1.807) is 24.3 Å². The van der Waals surface area contributed by atoms with Crippen molar-refractivity contribution in [1.29, 1.82) is 0 Å². The molecular weight excluding hydrogens is 1010 g/mol. The van der Waals surface area contributed by atoms with Gasteiger partial charge < -0.3 is 20.1 Å². The summed E-state index contributed by atoms with van der Waals surface area (Å²) in [6, 6.07) is 18.0. The summed E-state index contributed by atoms with van der Waals surface area (Å²) in [5.74, 6) is 7.78. The van der Waals surface area contributed by atoms with Gasteiger partial charge in [0.1, 0.15) is 0 Å². The van der Waals surface area contributed by atoms with Crippen molar-refractivity contribution in [2.45, 2.75) is 244 Å². The van der Waals surface area contributed by atoms with Crippen molar-refractivity contribution >= 4 is 19.7 Å². The number of benzene rings is 2. The summed E-state index contributed by atoms with van der Waals surface area (Å²) in [7, 11) is -6.82. The summed E-state index contributed by atoms with van der Waals surface area (Å²) in [5, 5.41) is 31.9. The smallest absolute Gasteiger partial charge is 0.181 e. The maximum absolute atomic E-state index is 14.1. The number of hydrogen-bond acceptors (Lipinski definition) is 8. The van der Waals surface area contributed by atoms with Crippen LogP contribution in [0.2, 0.25) is 0 Å². The first kappa shape index (κ1) is 60.8. The lowest BCUT2D eigenvalue weighted by Crippen LogP contribution is -2.56. The minimum Gasteiger partial charge on any atom is -0.393 e. The molecule has 0 bridgehead atoms. The Morgan fingerprint density at radius 1 is 0.538 bits per heavy atom. The van der Waals surface area contributed by atoms with Gasteiger partial charge in [0, 0.05) is 0 Å². The average molecular weight is 1120 g/mol. The Kier molecular flexibility index (Phi) is 17.6. The topological polar surface area (TPSA) is 141 Å². The highest BCUT2D eigenvalue weighted by molar-refractivity contribution is 7.92.